The molecule has 1 amide bonds. The normalized spacial score (nSPS) is 26.6. The number of nitrogens with one attached hydrogen (secondary N) is 1. The minimum absolute atomic E-state index is 0.0433. The van der Waals surface area contributed by atoms with Crippen molar-refractivity contribution in [3.8, 4) is 0 Å². The molecule has 0 saturated heterocycles. The Hall–Kier alpha value is -2.50. The Morgan fingerprint density at radius 2 is 2.22 bits per heavy atom. The predicted octanol–water partition coefficient (Wildman–Crippen LogP) is 3.02. The summed E-state index contributed by atoms with van der Waals surface area (Å²) < 4.78 is 16.4. The second-order valence-electron chi connectivity index (χ2n) is 6.29. The molecule has 0 bridgehead atoms. The average molecular weight is 312 g/mol. The van der Waals surface area contributed by atoms with E-state index in [0.717, 1.165) is 12.8 Å². The number of carbonyl (C=O) groups is 1. The number of hydrogen-bond acceptors (Lipinski definition) is 3. The van der Waals surface area contributed by atoms with Crippen molar-refractivity contribution in [3.63, 3.8) is 0 Å². The number of amides is 1. The van der Waals surface area contributed by atoms with Crippen LogP contribution < -0.4 is 5.32 Å². The molecule has 2 unspecified atom stereocenters. The van der Waals surface area contributed by atoms with Gasteiger partial charge in [0.1, 0.15) is 5.67 Å². The van der Waals surface area contributed by atoms with E-state index in [2.05, 4.69) is 15.4 Å². The molecule has 2 aromatic rings. The Labute approximate surface area is 132 Å². The molecule has 1 saturated carbocycles. The van der Waals surface area contributed by atoms with E-state index >= 15 is 0 Å². The number of fused-ring (bicyclic) bond motifs is 1. The summed E-state index contributed by atoms with van der Waals surface area (Å²) in [5.41, 5.74) is -0.202. The first-order valence-electron chi connectivity index (χ1n) is 7.76. The zero-order valence-electron chi connectivity index (χ0n) is 12.7. The molecule has 118 valence electrons. The van der Waals surface area contributed by atoms with E-state index in [1.807, 2.05) is 24.3 Å². The maximum atomic E-state index is 14.8. The number of rotatable bonds is 3. The molecular formula is C17H17FN4O. The fourth-order valence-electron chi connectivity index (χ4n) is 2.87. The minimum Gasteiger partial charge on any atom is -0.293 e. The topological polar surface area (TPSA) is 59.3 Å². The number of carbonyl (C=O) groups excluding carboxylic acids is 1. The van der Waals surface area contributed by atoms with Gasteiger partial charge in [0.2, 0.25) is 11.9 Å². The zero-order valence-corrected chi connectivity index (χ0v) is 12.7. The van der Waals surface area contributed by atoms with Crippen LogP contribution in [0.1, 0.15) is 31.4 Å². The number of allylic oxidation sites excluding steroid dienone is 4. The van der Waals surface area contributed by atoms with Gasteiger partial charge in [-0.1, -0.05) is 24.3 Å². The minimum atomic E-state index is -1.49. The van der Waals surface area contributed by atoms with Crippen LogP contribution in [0.25, 0.3) is 5.65 Å². The van der Waals surface area contributed by atoms with Crippen LogP contribution in [0.3, 0.4) is 0 Å². The summed E-state index contributed by atoms with van der Waals surface area (Å²) in [4.78, 5) is 16.2. The number of anilines is 1. The van der Waals surface area contributed by atoms with E-state index < -0.39 is 11.6 Å². The van der Waals surface area contributed by atoms with Crippen LogP contribution in [0.4, 0.5) is 10.3 Å². The number of hydrogen-bond donors (Lipinski definition) is 1. The number of aromatic nitrogens is 3. The molecule has 4 rings (SSSR count). The smallest absolute Gasteiger partial charge is 0.249 e. The quantitative estimate of drug-likeness (QED) is 0.947. The van der Waals surface area contributed by atoms with Gasteiger partial charge in [0, 0.05) is 5.92 Å². The highest BCUT2D eigenvalue weighted by atomic mass is 19.1. The first-order valence-corrected chi connectivity index (χ1v) is 7.76. The summed E-state index contributed by atoms with van der Waals surface area (Å²) in [7, 11) is 0. The lowest BCUT2D eigenvalue weighted by molar-refractivity contribution is -0.117. The number of pyridine rings is 1. The second kappa shape index (κ2) is 5.01. The van der Waals surface area contributed by atoms with Gasteiger partial charge in [-0.3, -0.25) is 10.1 Å². The summed E-state index contributed by atoms with van der Waals surface area (Å²) >= 11 is 0. The van der Waals surface area contributed by atoms with Crippen LogP contribution in [0.15, 0.2) is 42.5 Å². The highest BCUT2D eigenvalue weighted by Crippen LogP contribution is 2.36. The molecule has 2 aliphatic carbocycles. The average Bonchev–Trinajstić information content (AvgIpc) is 3.27. The maximum absolute atomic E-state index is 14.8. The van der Waals surface area contributed by atoms with Crippen molar-refractivity contribution in [3.05, 3.63) is 48.2 Å². The standard InChI is InChI=1S/C17H17FN4O/c1-17(18)10-3-2-5-12(17)13-6-4-7-14-19-16(21-22(13)14)20-15(23)11-8-9-11/h2-7,10-12H,8-9H2,1H3,(H,20,21,23). The van der Waals surface area contributed by atoms with Crippen molar-refractivity contribution in [2.45, 2.75) is 31.4 Å². The van der Waals surface area contributed by atoms with Crippen LogP contribution in [-0.4, -0.2) is 26.2 Å². The van der Waals surface area contributed by atoms with Crippen molar-refractivity contribution in [1.82, 2.24) is 14.6 Å². The van der Waals surface area contributed by atoms with E-state index in [1.54, 1.807) is 29.7 Å². The van der Waals surface area contributed by atoms with Crippen LogP contribution in [0, 0.1) is 5.92 Å². The fourth-order valence-corrected chi connectivity index (χ4v) is 2.87. The zero-order chi connectivity index (χ0) is 16.0. The van der Waals surface area contributed by atoms with Crippen molar-refractivity contribution in [1.29, 1.82) is 0 Å². The molecule has 2 heterocycles. The van der Waals surface area contributed by atoms with E-state index in [0.29, 0.717) is 11.3 Å². The van der Waals surface area contributed by atoms with Gasteiger partial charge in [-0.2, -0.15) is 4.98 Å². The lowest BCUT2D eigenvalue weighted by Crippen LogP contribution is -2.27. The predicted molar refractivity (Wildman–Crippen MR) is 84.9 cm³/mol. The van der Waals surface area contributed by atoms with Gasteiger partial charge < -0.3 is 0 Å². The first kappa shape index (κ1) is 14.1. The van der Waals surface area contributed by atoms with Gasteiger partial charge in [0.25, 0.3) is 0 Å². The second-order valence-corrected chi connectivity index (χ2v) is 6.29. The molecule has 0 aliphatic heterocycles. The summed E-state index contributed by atoms with van der Waals surface area (Å²) in [6, 6.07) is 5.45. The monoisotopic (exact) mass is 312 g/mol. The van der Waals surface area contributed by atoms with Crippen molar-refractivity contribution >= 4 is 17.5 Å². The van der Waals surface area contributed by atoms with Crippen molar-refractivity contribution in [2.24, 2.45) is 5.92 Å². The molecule has 0 radical (unpaired) electrons. The molecular weight excluding hydrogens is 295 g/mol. The Morgan fingerprint density at radius 1 is 1.39 bits per heavy atom. The van der Waals surface area contributed by atoms with Gasteiger partial charge in [0.05, 0.1) is 11.6 Å². The molecule has 6 heteroatoms. The molecule has 2 aliphatic rings. The Kier molecular flexibility index (Phi) is 3.07. The lowest BCUT2D eigenvalue weighted by atomic mass is 9.84. The van der Waals surface area contributed by atoms with Gasteiger partial charge >= 0.3 is 0 Å². The van der Waals surface area contributed by atoms with E-state index in [1.165, 1.54) is 0 Å². The third-order valence-electron chi connectivity index (χ3n) is 4.34. The summed E-state index contributed by atoms with van der Waals surface area (Å²) in [5.74, 6) is -0.143. The molecule has 2 atom stereocenters. The summed E-state index contributed by atoms with van der Waals surface area (Å²) in [6.07, 6.45) is 8.74. The van der Waals surface area contributed by atoms with E-state index in [4.69, 9.17) is 0 Å². The number of nitrogens with zero attached hydrogens (tertiary/aromatic N) is 3. The van der Waals surface area contributed by atoms with Gasteiger partial charge in [-0.25, -0.2) is 8.91 Å². The third-order valence-corrected chi connectivity index (χ3v) is 4.34. The van der Waals surface area contributed by atoms with Gasteiger partial charge in [0.15, 0.2) is 5.65 Å². The van der Waals surface area contributed by atoms with Crippen LogP contribution >= 0.6 is 0 Å². The highest BCUT2D eigenvalue weighted by Gasteiger charge is 2.35. The van der Waals surface area contributed by atoms with Crippen LogP contribution in [0.5, 0.6) is 0 Å². The van der Waals surface area contributed by atoms with Crippen LogP contribution in [-0.2, 0) is 4.79 Å². The lowest BCUT2D eigenvalue weighted by Gasteiger charge is -2.27. The summed E-state index contributed by atoms with van der Waals surface area (Å²) in [5, 5.41) is 7.09. The first-order chi connectivity index (χ1) is 11.0. The molecule has 23 heavy (non-hydrogen) atoms. The van der Waals surface area contributed by atoms with Crippen molar-refractivity contribution in [2.75, 3.05) is 5.32 Å². The molecule has 0 spiro atoms. The van der Waals surface area contributed by atoms with Gasteiger partial charge in [-0.05, 0) is 38.0 Å². The molecule has 1 fully saturated rings. The molecule has 2 aromatic heterocycles. The summed E-state index contributed by atoms with van der Waals surface area (Å²) in [6.45, 7) is 1.54. The fraction of sp³-hybridized carbons (Fsp3) is 0.353. The number of halogens is 1. The maximum Gasteiger partial charge on any atom is 0.249 e. The van der Waals surface area contributed by atoms with Crippen LogP contribution in [0.2, 0.25) is 0 Å². The molecule has 1 N–H and O–H groups in total. The Morgan fingerprint density at radius 3 is 2.96 bits per heavy atom. The Bertz CT molecular complexity index is 832. The highest BCUT2D eigenvalue weighted by molar-refractivity contribution is 5.92. The van der Waals surface area contributed by atoms with Gasteiger partial charge in [-0.15, -0.1) is 5.10 Å². The number of alkyl halides is 1. The Balaban J connectivity index is 1.72. The van der Waals surface area contributed by atoms with Crippen molar-refractivity contribution < 1.29 is 9.18 Å². The SMILES string of the molecule is CC1(F)C=CC=CC1c1cccc2nc(NC(=O)C3CC3)nn12. The largest absolute Gasteiger partial charge is 0.293 e. The molecule has 5 nitrogen and oxygen atoms in total. The third kappa shape index (κ3) is 2.54. The van der Waals surface area contributed by atoms with E-state index in [9.17, 15) is 9.18 Å². The van der Waals surface area contributed by atoms with E-state index in [-0.39, 0.29) is 17.8 Å². The molecule has 0 aromatic carbocycles.